The summed E-state index contributed by atoms with van der Waals surface area (Å²) < 4.78 is 15.8. The number of aliphatic carboxylic acids is 2. The Morgan fingerprint density at radius 1 is 0.482 bits per heavy atom. The number of primary amides is 4. The molecule has 4 aliphatic heterocycles. The average Bonchev–Trinajstić information content (AvgIpc) is 1.65. The SMILES string of the molecule is CCCC[C@H]1C(=O)N(C)[C@@H](CCCC)C(=O)N[C@@H](CC(C)C)C(=O)N[C@H](C(N)=O)CNCC(=O)N[C@@H](Cc2ccc(F)cc2)C(=O)N2CCCC[C@H]2C(=O)N[C@@H](CC(=O)O)C(=O)N2CCC[C@H]2C(=O)N[C@@H](CCC(N)=O)C(=O)N[C@@H](CCC(N)=O)C(=O)N2C[C@H](O)C[C@H]2C(=O)N[C@@H](Cc2c[nH]c3ccccc23)C(=O)N[C@@H](CC(N)=O)C(=O)N[C@@H](Cc2cn(CC(=O)O)c3ccccc23)C(=O)N1C. The molecule has 5 aromatic rings. The van der Waals surface area contributed by atoms with Gasteiger partial charge in [-0.1, -0.05) is 102 Å². The first-order valence-corrected chi connectivity index (χ1v) is 46.1. The highest BCUT2D eigenvalue weighted by molar-refractivity contribution is 6.03. The summed E-state index contributed by atoms with van der Waals surface area (Å²) in [4.78, 5) is 297. The number of carboxylic acids is 2. The third-order valence-electron chi connectivity index (χ3n) is 24.9. The lowest BCUT2D eigenvalue weighted by Gasteiger charge is -2.38. The molecule has 22 N–H and O–H groups in total. The number of nitrogens with zero attached hydrogens (tertiary/aromatic N) is 6. The van der Waals surface area contributed by atoms with Crippen LogP contribution in [0.25, 0.3) is 21.8 Å². The monoisotopic (exact) mass is 1910 g/mol. The molecular weight excluding hydrogens is 1790 g/mol. The van der Waals surface area contributed by atoms with Crippen molar-refractivity contribution in [3.63, 3.8) is 0 Å². The van der Waals surface area contributed by atoms with Crippen molar-refractivity contribution in [1.29, 1.82) is 0 Å². The predicted octanol–water partition coefficient (Wildman–Crippen LogP) is -2.88. The fourth-order valence-electron chi connectivity index (χ4n) is 17.8. The van der Waals surface area contributed by atoms with E-state index in [0.29, 0.717) is 65.0 Å². The molecule has 0 bridgehead atoms. The number of carbonyl (C=O) groups is 20. The maximum absolute atomic E-state index is 15.9. The highest BCUT2D eigenvalue weighted by Gasteiger charge is 2.48. The summed E-state index contributed by atoms with van der Waals surface area (Å²) in [7, 11) is 2.59. The Morgan fingerprint density at radius 3 is 1.63 bits per heavy atom. The summed E-state index contributed by atoms with van der Waals surface area (Å²) in [6.07, 6.45) is -3.19. The molecular formula is C92H126FN21O23. The van der Waals surface area contributed by atoms with Gasteiger partial charge in [0.05, 0.1) is 25.5 Å². The Bertz CT molecular complexity index is 5280. The van der Waals surface area contributed by atoms with Gasteiger partial charge in [0, 0.05) is 113 Å². The van der Waals surface area contributed by atoms with E-state index >= 15 is 38.4 Å². The number of nitrogens with two attached hydrogens (primary N) is 4. The van der Waals surface area contributed by atoms with E-state index in [1.54, 1.807) is 69.3 Å². The number of aromatic nitrogens is 2. The van der Waals surface area contributed by atoms with Crippen molar-refractivity contribution < 1.29 is 116 Å². The number of halogens is 1. The second-order valence-electron chi connectivity index (χ2n) is 35.7. The molecule has 44 nitrogen and oxygen atoms in total. The van der Waals surface area contributed by atoms with E-state index in [-0.39, 0.29) is 75.9 Å². The van der Waals surface area contributed by atoms with Crippen LogP contribution in [0.2, 0.25) is 0 Å². The standard InChI is InChI=1S/C92H126FN21O23/c1-7-9-21-68-84(129)104-60(36-49(3)4)81(126)108-66(79(97)124)44-98-45-76(119)100-63(37-50-26-28-53(93)29-27-50)90(135)112-34-16-15-24-69(112)86(131)107-65(42-77(120)121)91(136)113-35-17-25-70(113)85(130)101-58(30-32-73(94)116)80(125)102-59(31-33-74(95)117)89(134)114-47-54(115)40-72(114)87(132)105-61(38-51-43-99-57-20-13-11-18-55(51)57)82(127)103-62(41-75(96)118)83(128)106-64(88(133)110(6)71(22-10-8-2)92(137)109(68)5)39-52-46-111(48-78(122)123)67-23-14-12-19-56(52)67/h11-14,18-20,23,26-29,43,46,49,54,58-66,68-72,98-99,115H,7-10,15-17,21-22,24-25,30-42,44-45,47-48H2,1-6H3,(H2,94,116)(H2,95,117)(H2,96,118)(H2,97,124)(H,100,119)(H,101,130)(H,102,125)(H,103,127)(H,104,129)(H,105,132)(H,106,128)(H,107,131)(H,108,126)(H,120,121)(H,122,123)/t54-,58+,59+,60+,61+,62+,63+,64+,65+,66+,68+,69+,70+,71+,72+/m1/s1. The summed E-state index contributed by atoms with van der Waals surface area (Å²) >= 11 is 0. The Balaban J connectivity index is 1.12. The van der Waals surface area contributed by atoms with Gasteiger partial charge in [-0.15, -0.1) is 0 Å². The third-order valence-corrected chi connectivity index (χ3v) is 24.9. The molecule has 0 spiro atoms. The number of aromatic amines is 1. The van der Waals surface area contributed by atoms with E-state index in [1.807, 2.05) is 6.92 Å². The number of hydrogen-bond acceptors (Lipinski definition) is 22. The first kappa shape index (κ1) is 107. The van der Waals surface area contributed by atoms with Gasteiger partial charge in [0.25, 0.3) is 0 Å². The number of nitrogens with one attached hydrogen (secondary N) is 11. The molecule has 4 fully saturated rings. The summed E-state index contributed by atoms with van der Waals surface area (Å²) in [5, 5.41) is 58.7. The molecule has 9 rings (SSSR count). The number of H-pyrrole nitrogens is 1. The number of carboxylic acid groups (broad SMARTS) is 2. The Kier molecular flexibility index (Phi) is 38.9. The number of aliphatic hydroxyl groups is 1. The molecule has 18 amide bonds. The van der Waals surface area contributed by atoms with Gasteiger partial charge in [-0.3, -0.25) is 95.9 Å². The number of benzene rings is 3. The highest BCUT2D eigenvalue weighted by atomic mass is 19.1. The molecule has 2 aromatic heterocycles. The first-order valence-electron chi connectivity index (χ1n) is 46.1. The van der Waals surface area contributed by atoms with Crippen LogP contribution in [-0.4, -0.2) is 305 Å². The fraction of sp³-hybridized carbons (Fsp3) is 0.543. The van der Waals surface area contributed by atoms with Crippen LogP contribution < -0.4 is 76.1 Å². The molecule has 0 unspecified atom stereocenters. The number of rotatable bonds is 27. The molecule has 3 aromatic carbocycles. The number of unbranched alkanes of at least 4 members (excludes halogenated alkanes) is 2. The van der Waals surface area contributed by atoms with Crippen molar-refractivity contribution >= 4 is 140 Å². The second kappa shape index (κ2) is 50.0. The number of amides is 18. The van der Waals surface area contributed by atoms with Crippen LogP contribution >= 0.6 is 0 Å². The third kappa shape index (κ3) is 29.5. The molecule has 0 radical (unpaired) electrons. The van der Waals surface area contributed by atoms with Crippen LogP contribution in [0.5, 0.6) is 0 Å². The largest absolute Gasteiger partial charge is 0.481 e. The molecule has 4 aliphatic rings. The van der Waals surface area contributed by atoms with Gasteiger partial charge >= 0.3 is 11.9 Å². The molecule has 15 atom stereocenters. The number of para-hydroxylation sites is 2. The average molecular weight is 1910 g/mol. The van der Waals surface area contributed by atoms with Crippen molar-refractivity contribution in [2.75, 3.05) is 46.8 Å². The Hall–Kier alpha value is -14.0. The van der Waals surface area contributed by atoms with Crippen LogP contribution in [0.1, 0.15) is 166 Å². The van der Waals surface area contributed by atoms with Crippen molar-refractivity contribution in [2.45, 2.75) is 266 Å². The maximum atomic E-state index is 15.9. The smallest absolute Gasteiger partial charge is 0.323 e. The van der Waals surface area contributed by atoms with Gasteiger partial charge in [0.2, 0.25) is 106 Å². The number of hydrogen-bond donors (Lipinski definition) is 18. The van der Waals surface area contributed by atoms with Crippen LogP contribution in [0.15, 0.2) is 85.2 Å². The normalized spacial score (nSPS) is 25.1. The maximum Gasteiger partial charge on any atom is 0.323 e. The van der Waals surface area contributed by atoms with Crippen molar-refractivity contribution in [1.82, 2.24) is 87.2 Å². The van der Waals surface area contributed by atoms with Gasteiger partial charge in [-0.05, 0) is 111 Å². The minimum Gasteiger partial charge on any atom is -0.481 e. The van der Waals surface area contributed by atoms with Crippen molar-refractivity contribution in [3.05, 3.63) is 108 Å². The van der Waals surface area contributed by atoms with Crippen LogP contribution in [-0.2, 0) is 122 Å². The number of fused-ring (bicyclic) bond motifs is 5. The second-order valence-corrected chi connectivity index (χ2v) is 35.7. The Morgan fingerprint density at radius 2 is 1.00 bits per heavy atom. The van der Waals surface area contributed by atoms with Gasteiger partial charge in [0.15, 0.2) is 0 Å². The topological polar surface area (TPSA) is 663 Å². The van der Waals surface area contributed by atoms with E-state index in [0.717, 1.165) is 36.6 Å². The number of aliphatic hydroxyl groups excluding tert-OH is 1. The molecule has 45 heteroatoms. The number of likely N-dealkylation sites (N-methyl/N-ethyl adjacent to an activating group) is 2. The zero-order chi connectivity index (χ0) is 100. The minimum atomic E-state index is -2.04. The van der Waals surface area contributed by atoms with E-state index in [9.17, 15) is 77.2 Å². The molecule has 0 aliphatic carbocycles. The zero-order valence-corrected chi connectivity index (χ0v) is 77.5. The first-order chi connectivity index (χ1) is 65.1. The molecule has 6 heterocycles. The summed E-state index contributed by atoms with van der Waals surface area (Å²) in [5.41, 5.74) is 24.9. The van der Waals surface area contributed by atoms with E-state index in [2.05, 4.69) is 58.2 Å². The van der Waals surface area contributed by atoms with Gasteiger partial charge in [0.1, 0.15) is 96.9 Å². The lowest BCUT2D eigenvalue weighted by Crippen LogP contribution is -2.61. The van der Waals surface area contributed by atoms with E-state index < -0.39 is 299 Å². The molecule has 4 saturated heterocycles. The van der Waals surface area contributed by atoms with Gasteiger partial charge in [-0.2, -0.15) is 0 Å². The zero-order valence-electron chi connectivity index (χ0n) is 77.5. The van der Waals surface area contributed by atoms with E-state index in [4.69, 9.17) is 22.9 Å². The van der Waals surface area contributed by atoms with Crippen molar-refractivity contribution in [3.8, 4) is 0 Å². The molecule has 744 valence electrons. The lowest BCUT2D eigenvalue weighted by molar-refractivity contribution is -0.149. The molecule has 137 heavy (non-hydrogen) atoms. The Labute approximate surface area is 788 Å². The fourth-order valence-corrected chi connectivity index (χ4v) is 17.8. The summed E-state index contributed by atoms with van der Waals surface area (Å²) in [5.74, 6) is -22.8. The predicted molar refractivity (Wildman–Crippen MR) is 490 cm³/mol. The highest BCUT2D eigenvalue weighted by Crippen LogP contribution is 2.30. The van der Waals surface area contributed by atoms with Crippen LogP contribution in [0, 0.1) is 11.7 Å². The van der Waals surface area contributed by atoms with E-state index in [1.165, 1.54) is 43.2 Å². The quantitative estimate of drug-likeness (QED) is 0.0251. The van der Waals surface area contributed by atoms with Gasteiger partial charge < -0.3 is 125 Å². The summed E-state index contributed by atoms with van der Waals surface area (Å²) in [6.45, 7) is 4.24. The lowest BCUT2D eigenvalue weighted by atomic mass is 9.97. The summed E-state index contributed by atoms with van der Waals surface area (Å²) in [6, 6.07) is -5.45. The molecule has 0 saturated carbocycles. The number of carbonyl (C=O) groups excluding carboxylic acids is 18. The van der Waals surface area contributed by atoms with Crippen LogP contribution in [0.4, 0.5) is 4.39 Å². The number of piperidine rings is 1. The van der Waals surface area contributed by atoms with Crippen LogP contribution in [0.3, 0.4) is 0 Å². The minimum absolute atomic E-state index is 0.0251. The van der Waals surface area contributed by atoms with Gasteiger partial charge in [-0.25, -0.2) is 4.39 Å². The van der Waals surface area contributed by atoms with Crippen molar-refractivity contribution in [2.24, 2.45) is 28.9 Å².